The van der Waals surface area contributed by atoms with E-state index in [0.29, 0.717) is 19.4 Å². The molecule has 7 nitrogen and oxygen atoms in total. The van der Waals surface area contributed by atoms with Gasteiger partial charge in [-0.15, -0.1) is 0 Å². The van der Waals surface area contributed by atoms with Crippen molar-refractivity contribution in [2.75, 3.05) is 13.1 Å². The first-order valence-corrected chi connectivity index (χ1v) is 6.84. The third-order valence-corrected chi connectivity index (χ3v) is 2.99. The van der Waals surface area contributed by atoms with Gasteiger partial charge in [-0.1, -0.05) is 20.3 Å². The molecule has 1 heterocycles. The lowest BCUT2D eigenvalue weighted by molar-refractivity contribution is -0.118. The molecule has 0 spiro atoms. The molecule has 7 heteroatoms. The van der Waals surface area contributed by atoms with E-state index in [1.807, 2.05) is 6.92 Å². The summed E-state index contributed by atoms with van der Waals surface area (Å²) in [5, 5.41) is 9.06. The third-order valence-electron chi connectivity index (χ3n) is 2.99. The number of primary amides is 1. The Morgan fingerprint density at radius 2 is 2.00 bits per heavy atom. The minimum atomic E-state index is -1.15. The topological polar surface area (TPSA) is 114 Å². The third kappa shape index (κ3) is 4.34. The smallest absolute Gasteiger partial charge is 0.339 e. The zero-order valence-corrected chi connectivity index (χ0v) is 12.2. The van der Waals surface area contributed by atoms with Crippen LogP contribution in [0.2, 0.25) is 0 Å². The number of amides is 2. The highest BCUT2D eigenvalue weighted by Crippen LogP contribution is 2.18. The maximum Gasteiger partial charge on any atom is 0.339 e. The summed E-state index contributed by atoms with van der Waals surface area (Å²) in [6.07, 6.45) is 1.92. The van der Waals surface area contributed by atoms with Crippen molar-refractivity contribution in [2.45, 2.75) is 33.1 Å². The number of furan rings is 1. The zero-order chi connectivity index (χ0) is 16.0. The Labute approximate surface area is 122 Å². The van der Waals surface area contributed by atoms with E-state index < -0.39 is 17.8 Å². The second kappa shape index (κ2) is 7.47. The Hall–Kier alpha value is -2.31. The van der Waals surface area contributed by atoms with E-state index in [2.05, 4.69) is 0 Å². The van der Waals surface area contributed by atoms with Crippen molar-refractivity contribution in [1.82, 2.24) is 4.90 Å². The van der Waals surface area contributed by atoms with Crippen LogP contribution in [-0.4, -0.2) is 40.9 Å². The average molecular weight is 296 g/mol. The number of carbonyl (C=O) groups is 3. The van der Waals surface area contributed by atoms with Gasteiger partial charge in [0.05, 0.1) is 6.54 Å². The second-order valence-electron chi connectivity index (χ2n) is 4.65. The van der Waals surface area contributed by atoms with Crippen molar-refractivity contribution in [3.8, 4) is 0 Å². The summed E-state index contributed by atoms with van der Waals surface area (Å²) in [6.45, 7) is 3.83. The molecule has 0 aromatic carbocycles. The predicted molar refractivity (Wildman–Crippen MR) is 75.1 cm³/mol. The van der Waals surface area contributed by atoms with Crippen LogP contribution in [0.1, 0.15) is 53.4 Å². The minimum absolute atomic E-state index is 0.0321. The maximum atomic E-state index is 12.3. The van der Waals surface area contributed by atoms with Crippen molar-refractivity contribution in [3.05, 3.63) is 23.2 Å². The Balaban J connectivity index is 3.02. The molecule has 3 N–H and O–H groups in total. The Morgan fingerprint density at radius 3 is 2.43 bits per heavy atom. The van der Waals surface area contributed by atoms with Gasteiger partial charge in [-0.3, -0.25) is 9.59 Å². The molecular weight excluding hydrogens is 276 g/mol. The van der Waals surface area contributed by atoms with Crippen LogP contribution in [0.3, 0.4) is 0 Å². The fourth-order valence-electron chi connectivity index (χ4n) is 1.92. The molecule has 0 aliphatic heterocycles. The van der Waals surface area contributed by atoms with Gasteiger partial charge in [0.1, 0.15) is 11.3 Å². The van der Waals surface area contributed by atoms with Crippen molar-refractivity contribution in [1.29, 1.82) is 0 Å². The van der Waals surface area contributed by atoms with Crippen molar-refractivity contribution in [2.24, 2.45) is 5.73 Å². The van der Waals surface area contributed by atoms with Crippen LogP contribution in [0, 0.1) is 0 Å². The molecule has 0 aliphatic rings. The van der Waals surface area contributed by atoms with Crippen LogP contribution in [0.4, 0.5) is 0 Å². The molecule has 0 bridgehead atoms. The Kier molecular flexibility index (Phi) is 5.95. The first-order chi connectivity index (χ1) is 9.90. The van der Waals surface area contributed by atoms with Gasteiger partial charge in [0.2, 0.25) is 5.91 Å². The van der Waals surface area contributed by atoms with Crippen LogP contribution in [0.15, 0.2) is 10.5 Å². The summed E-state index contributed by atoms with van der Waals surface area (Å²) in [5.74, 6) is -2.14. The molecule has 0 atom stereocenters. The van der Waals surface area contributed by atoms with Gasteiger partial charge in [0, 0.05) is 19.0 Å². The summed E-state index contributed by atoms with van der Waals surface area (Å²) in [5.41, 5.74) is 5.10. The predicted octanol–water partition coefficient (Wildman–Crippen LogP) is 1.27. The molecule has 116 valence electrons. The second-order valence-corrected chi connectivity index (χ2v) is 4.65. The number of nitrogens with zero attached hydrogens (tertiary/aromatic N) is 1. The van der Waals surface area contributed by atoms with E-state index in [1.54, 1.807) is 6.92 Å². The SMILES string of the molecule is CCCCN(CC(N)=O)C(=O)c1cc(C(=O)O)c(CC)o1. The van der Waals surface area contributed by atoms with Crippen molar-refractivity contribution >= 4 is 17.8 Å². The van der Waals surface area contributed by atoms with E-state index in [0.717, 1.165) is 6.42 Å². The highest BCUT2D eigenvalue weighted by Gasteiger charge is 2.24. The summed E-state index contributed by atoms with van der Waals surface area (Å²) in [4.78, 5) is 35.7. The Bertz CT molecular complexity index is 535. The monoisotopic (exact) mass is 296 g/mol. The molecule has 0 aliphatic carbocycles. The van der Waals surface area contributed by atoms with E-state index >= 15 is 0 Å². The molecule has 0 saturated heterocycles. The molecule has 1 aromatic heterocycles. The van der Waals surface area contributed by atoms with Gasteiger partial charge in [-0.2, -0.15) is 0 Å². The largest absolute Gasteiger partial charge is 0.478 e. The van der Waals surface area contributed by atoms with Crippen LogP contribution in [0.25, 0.3) is 0 Å². The number of nitrogens with two attached hydrogens (primary N) is 1. The molecule has 2 amide bonds. The van der Waals surface area contributed by atoms with Crippen LogP contribution in [0.5, 0.6) is 0 Å². The highest BCUT2D eigenvalue weighted by atomic mass is 16.4. The van der Waals surface area contributed by atoms with Gasteiger partial charge in [-0.05, 0) is 6.42 Å². The molecule has 0 unspecified atom stereocenters. The van der Waals surface area contributed by atoms with Crippen LogP contribution < -0.4 is 5.73 Å². The summed E-state index contributed by atoms with van der Waals surface area (Å²) < 4.78 is 5.31. The molecule has 1 rings (SSSR count). The molecule has 1 aromatic rings. The van der Waals surface area contributed by atoms with E-state index in [4.69, 9.17) is 15.3 Å². The van der Waals surface area contributed by atoms with Gasteiger partial charge >= 0.3 is 5.97 Å². The number of aryl methyl sites for hydroxylation is 1. The fourth-order valence-corrected chi connectivity index (χ4v) is 1.92. The summed E-state index contributed by atoms with van der Waals surface area (Å²) in [6, 6.07) is 1.20. The van der Waals surface area contributed by atoms with Gasteiger partial charge in [0.15, 0.2) is 5.76 Å². The number of hydrogen-bond donors (Lipinski definition) is 2. The number of carbonyl (C=O) groups excluding carboxylic acids is 2. The number of unbranched alkanes of at least 4 members (excludes halogenated alkanes) is 1. The maximum absolute atomic E-state index is 12.3. The van der Waals surface area contributed by atoms with Crippen molar-refractivity contribution in [3.63, 3.8) is 0 Å². The first kappa shape index (κ1) is 16.7. The average Bonchev–Trinajstić information content (AvgIpc) is 2.86. The number of rotatable bonds is 8. The lowest BCUT2D eigenvalue weighted by atomic mass is 10.2. The number of aromatic carboxylic acids is 1. The number of hydrogen-bond acceptors (Lipinski definition) is 4. The van der Waals surface area contributed by atoms with Gasteiger partial charge < -0.3 is 20.2 Å². The summed E-state index contributed by atoms with van der Waals surface area (Å²) >= 11 is 0. The summed E-state index contributed by atoms with van der Waals surface area (Å²) in [7, 11) is 0. The fraction of sp³-hybridized carbons (Fsp3) is 0.500. The van der Waals surface area contributed by atoms with E-state index in [-0.39, 0.29) is 23.6 Å². The molecular formula is C14H20N2O5. The first-order valence-electron chi connectivity index (χ1n) is 6.84. The van der Waals surface area contributed by atoms with Gasteiger partial charge in [-0.25, -0.2) is 4.79 Å². The highest BCUT2D eigenvalue weighted by molar-refractivity contribution is 5.97. The minimum Gasteiger partial charge on any atom is -0.478 e. The standard InChI is InChI=1S/C14H20N2O5/c1-3-5-6-16(8-12(15)17)13(18)11-7-9(14(19)20)10(4-2)21-11/h7H,3-6,8H2,1-2H3,(H2,15,17)(H,19,20). The van der Waals surface area contributed by atoms with E-state index in [1.165, 1.54) is 11.0 Å². The van der Waals surface area contributed by atoms with Crippen molar-refractivity contribution < 1.29 is 23.9 Å². The molecule has 0 radical (unpaired) electrons. The lowest BCUT2D eigenvalue weighted by Gasteiger charge is -2.19. The molecule has 0 fully saturated rings. The Morgan fingerprint density at radius 1 is 1.33 bits per heavy atom. The lowest BCUT2D eigenvalue weighted by Crippen LogP contribution is -2.38. The normalized spacial score (nSPS) is 10.4. The molecule has 0 saturated carbocycles. The number of carboxylic acids is 1. The zero-order valence-electron chi connectivity index (χ0n) is 12.2. The van der Waals surface area contributed by atoms with Gasteiger partial charge in [0.25, 0.3) is 5.91 Å². The quantitative estimate of drug-likeness (QED) is 0.749. The molecule has 21 heavy (non-hydrogen) atoms. The number of carboxylic acid groups (broad SMARTS) is 1. The van der Waals surface area contributed by atoms with Crippen LogP contribution in [-0.2, 0) is 11.2 Å². The van der Waals surface area contributed by atoms with Crippen LogP contribution >= 0.6 is 0 Å². The van der Waals surface area contributed by atoms with E-state index in [9.17, 15) is 14.4 Å².